The van der Waals surface area contributed by atoms with Crippen molar-refractivity contribution < 1.29 is 0 Å². The van der Waals surface area contributed by atoms with E-state index in [9.17, 15) is 0 Å². The van der Waals surface area contributed by atoms with E-state index in [1.807, 2.05) is 24.8 Å². The Morgan fingerprint density at radius 2 is 0.744 bits per heavy atom. The second-order valence-electron chi connectivity index (χ2n) is 11.1. The Morgan fingerprint density at radius 1 is 0.349 bits per heavy atom. The Balaban J connectivity index is 1.24. The molecule has 0 saturated heterocycles. The number of nitrogens with zero attached hydrogens (tertiary/aromatic N) is 3. The van der Waals surface area contributed by atoms with Gasteiger partial charge in [0, 0.05) is 45.1 Å². The van der Waals surface area contributed by atoms with Gasteiger partial charge in [0.25, 0.3) is 0 Å². The van der Waals surface area contributed by atoms with Gasteiger partial charge < -0.3 is 4.40 Å². The lowest BCUT2D eigenvalue weighted by molar-refractivity contribution is 1.27. The lowest BCUT2D eigenvalue weighted by Crippen LogP contribution is -1.88. The van der Waals surface area contributed by atoms with Crippen LogP contribution in [0.15, 0.2) is 152 Å². The minimum Gasteiger partial charge on any atom is -0.305 e. The Labute approximate surface area is 248 Å². The SMILES string of the molecule is c1ccc(-c2ccc(-c3cncc4c3c3cccc5c6c(-c7ccc(-c8ccccc8)cc7)cncc6n4c35)cc2)cc1. The van der Waals surface area contributed by atoms with Crippen LogP contribution in [0.2, 0.25) is 0 Å². The minimum absolute atomic E-state index is 1.10. The van der Waals surface area contributed by atoms with Gasteiger partial charge in [0.15, 0.2) is 0 Å². The summed E-state index contributed by atoms with van der Waals surface area (Å²) in [6.07, 6.45) is 8.00. The van der Waals surface area contributed by atoms with Crippen LogP contribution in [-0.4, -0.2) is 14.4 Å². The molecule has 0 unspecified atom stereocenters. The first kappa shape index (κ1) is 23.9. The van der Waals surface area contributed by atoms with E-state index in [1.165, 1.54) is 49.3 Å². The smallest absolute Gasteiger partial charge is 0.0731 e. The lowest BCUT2D eigenvalue weighted by atomic mass is 9.96. The molecule has 0 amide bonds. The largest absolute Gasteiger partial charge is 0.305 e. The maximum Gasteiger partial charge on any atom is 0.0731 e. The molecule has 0 fully saturated rings. The average Bonchev–Trinajstić information content (AvgIpc) is 3.62. The van der Waals surface area contributed by atoms with E-state index in [2.05, 4.69) is 132 Å². The molecule has 200 valence electrons. The number of hydrogen-bond donors (Lipinski definition) is 0. The summed E-state index contributed by atoms with van der Waals surface area (Å²) >= 11 is 0. The molecule has 3 heteroatoms. The molecular weight excluding hydrogens is 522 g/mol. The first-order valence-corrected chi connectivity index (χ1v) is 14.6. The molecule has 9 aromatic rings. The molecule has 0 N–H and O–H groups in total. The van der Waals surface area contributed by atoms with Crippen molar-refractivity contribution in [3.63, 3.8) is 0 Å². The van der Waals surface area contributed by atoms with Crippen molar-refractivity contribution in [2.75, 3.05) is 0 Å². The summed E-state index contributed by atoms with van der Waals surface area (Å²) in [6, 6.07) is 45.3. The normalized spacial score (nSPS) is 11.7. The van der Waals surface area contributed by atoms with E-state index in [0.29, 0.717) is 0 Å². The maximum absolute atomic E-state index is 4.75. The molecule has 43 heavy (non-hydrogen) atoms. The molecule has 5 aromatic carbocycles. The van der Waals surface area contributed by atoms with Crippen molar-refractivity contribution in [1.29, 1.82) is 0 Å². The highest BCUT2D eigenvalue weighted by Crippen LogP contribution is 2.44. The summed E-state index contributed by atoms with van der Waals surface area (Å²) in [5.74, 6) is 0. The van der Waals surface area contributed by atoms with Crippen LogP contribution >= 0.6 is 0 Å². The quantitative estimate of drug-likeness (QED) is 0.219. The van der Waals surface area contributed by atoms with Crippen LogP contribution in [0.4, 0.5) is 0 Å². The number of fused-ring (bicyclic) bond motifs is 6. The van der Waals surface area contributed by atoms with Gasteiger partial charge in [-0.25, -0.2) is 0 Å². The summed E-state index contributed by atoms with van der Waals surface area (Å²) in [5, 5.41) is 4.92. The minimum atomic E-state index is 1.10. The van der Waals surface area contributed by atoms with E-state index in [-0.39, 0.29) is 0 Å². The van der Waals surface area contributed by atoms with Crippen molar-refractivity contribution in [2.24, 2.45) is 0 Å². The second-order valence-corrected chi connectivity index (χ2v) is 11.1. The topological polar surface area (TPSA) is 30.2 Å². The van der Waals surface area contributed by atoms with Gasteiger partial charge in [0.05, 0.1) is 28.9 Å². The van der Waals surface area contributed by atoms with Gasteiger partial charge in [-0.15, -0.1) is 0 Å². The highest BCUT2D eigenvalue weighted by molar-refractivity contribution is 6.27. The summed E-state index contributed by atoms with van der Waals surface area (Å²) in [7, 11) is 0. The van der Waals surface area contributed by atoms with Crippen molar-refractivity contribution in [1.82, 2.24) is 14.4 Å². The molecule has 0 bridgehead atoms. The van der Waals surface area contributed by atoms with E-state index >= 15 is 0 Å². The number of benzene rings is 5. The van der Waals surface area contributed by atoms with Crippen LogP contribution in [-0.2, 0) is 0 Å². The van der Waals surface area contributed by atoms with Crippen LogP contribution in [0.3, 0.4) is 0 Å². The van der Waals surface area contributed by atoms with E-state index < -0.39 is 0 Å². The fourth-order valence-corrected chi connectivity index (χ4v) is 6.75. The van der Waals surface area contributed by atoms with Crippen molar-refractivity contribution in [3.05, 3.63) is 152 Å². The fraction of sp³-hybridized carbons (Fsp3) is 0. The van der Waals surface area contributed by atoms with Crippen LogP contribution in [0.25, 0.3) is 82.6 Å². The van der Waals surface area contributed by atoms with Crippen LogP contribution in [0.5, 0.6) is 0 Å². The molecule has 0 atom stereocenters. The number of pyridine rings is 2. The highest BCUT2D eigenvalue weighted by Gasteiger charge is 2.22. The molecule has 0 aliphatic heterocycles. The summed E-state index contributed by atoms with van der Waals surface area (Å²) < 4.78 is 2.36. The van der Waals surface area contributed by atoms with E-state index in [1.54, 1.807) is 0 Å². The number of para-hydroxylation sites is 1. The van der Waals surface area contributed by atoms with E-state index in [4.69, 9.17) is 9.97 Å². The predicted octanol–water partition coefficient (Wildman–Crippen LogP) is 10.3. The second kappa shape index (κ2) is 9.37. The Morgan fingerprint density at radius 3 is 1.19 bits per heavy atom. The molecule has 0 aliphatic rings. The molecule has 0 aliphatic carbocycles. The van der Waals surface area contributed by atoms with Crippen molar-refractivity contribution >= 4 is 38.1 Å². The average molecular weight is 548 g/mol. The molecule has 4 aromatic heterocycles. The number of aromatic nitrogens is 3. The van der Waals surface area contributed by atoms with Gasteiger partial charge in [0.1, 0.15) is 0 Å². The van der Waals surface area contributed by atoms with Gasteiger partial charge in [-0.3, -0.25) is 9.97 Å². The van der Waals surface area contributed by atoms with Crippen LogP contribution in [0, 0.1) is 0 Å². The molecule has 9 rings (SSSR count). The molecule has 0 radical (unpaired) electrons. The zero-order valence-electron chi connectivity index (χ0n) is 23.3. The first-order valence-electron chi connectivity index (χ1n) is 14.6. The van der Waals surface area contributed by atoms with Crippen LogP contribution in [0.1, 0.15) is 0 Å². The first-order chi connectivity index (χ1) is 21.3. The molecule has 0 spiro atoms. The zero-order valence-corrected chi connectivity index (χ0v) is 23.3. The monoisotopic (exact) mass is 547 g/mol. The molecule has 3 nitrogen and oxygen atoms in total. The van der Waals surface area contributed by atoms with Crippen molar-refractivity contribution in [2.45, 2.75) is 0 Å². The zero-order chi connectivity index (χ0) is 28.3. The van der Waals surface area contributed by atoms with Gasteiger partial charge in [-0.2, -0.15) is 0 Å². The molecule has 0 saturated carbocycles. The number of hydrogen-bond acceptors (Lipinski definition) is 2. The summed E-state index contributed by atoms with van der Waals surface area (Å²) in [5.41, 5.74) is 12.9. The third-order valence-corrected chi connectivity index (χ3v) is 8.74. The molecule has 4 heterocycles. The third kappa shape index (κ3) is 3.62. The standard InChI is InChI=1S/C40H25N3/c1-3-8-26(9-4-1)28-14-18-30(19-15-28)34-22-41-24-36-38(34)32-12-7-13-33-39-35(23-42-25-37(39)43(36)40(32)33)31-20-16-29(17-21-31)27-10-5-2-6-11-27/h1-25H. The van der Waals surface area contributed by atoms with Crippen molar-refractivity contribution in [3.8, 4) is 44.5 Å². The molecular formula is C40H25N3. The van der Waals surface area contributed by atoms with Gasteiger partial charge >= 0.3 is 0 Å². The maximum atomic E-state index is 4.75. The summed E-state index contributed by atoms with van der Waals surface area (Å²) in [4.78, 5) is 9.50. The van der Waals surface area contributed by atoms with Gasteiger partial charge in [0.2, 0.25) is 0 Å². The Kier molecular flexibility index (Phi) is 5.20. The van der Waals surface area contributed by atoms with Gasteiger partial charge in [-0.1, -0.05) is 127 Å². The van der Waals surface area contributed by atoms with Gasteiger partial charge in [-0.05, 0) is 33.4 Å². The third-order valence-electron chi connectivity index (χ3n) is 8.74. The highest BCUT2D eigenvalue weighted by atomic mass is 14.9. The Bertz CT molecular complexity index is 2240. The lowest BCUT2D eigenvalue weighted by Gasteiger charge is -2.09. The van der Waals surface area contributed by atoms with E-state index in [0.717, 1.165) is 33.3 Å². The summed E-state index contributed by atoms with van der Waals surface area (Å²) in [6.45, 7) is 0. The fourth-order valence-electron chi connectivity index (χ4n) is 6.75. The van der Waals surface area contributed by atoms with Crippen LogP contribution < -0.4 is 0 Å². The predicted molar refractivity (Wildman–Crippen MR) is 178 cm³/mol. The number of rotatable bonds is 4. The Hall–Kier alpha value is -5.80.